The number of urea groups is 1. The number of hydrogen-bond donors (Lipinski definition) is 1. The largest absolute Gasteiger partial charge is 0.497 e. The van der Waals surface area contributed by atoms with Crippen molar-refractivity contribution >= 4 is 6.03 Å². The van der Waals surface area contributed by atoms with Crippen molar-refractivity contribution in [1.82, 2.24) is 20.0 Å². The summed E-state index contributed by atoms with van der Waals surface area (Å²) in [7, 11) is 1.65. The summed E-state index contributed by atoms with van der Waals surface area (Å²) in [6.07, 6.45) is 3.79. The number of nitrogens with zero attached hydrogens (tertiary/aromatic N) is 3. The summed E-state index contributed by atoms with van der Waals surface area (Å²) < 4.78 is 7.09. The highest BCUT2D eigenvalue weighted by atomic mass is 16.5. The summed E-state index contributed by atoms with van der Waals surface area (Å²) in [6, 6.07) is 5.93. The summed E-state index contributed by atoms with van der Waals surface area (Å²) in [6.45, 7) is 5.91. The van der Waals surface area contributed by atoms with Crippen molar-refractivity contribution in [1.29, 1.82) is 0 Å². The van der Waals surface area contributed by atoms with E-state index in [1.165, 1.54) is 5.56 Å². The van der Waals surface area contributed by atoms with Crippen LogP contribution in [0.4, 0.5) is 4.79 Å². The molecule has 0 fully saturated rings. The molecular weight excluding hydrogens is 292 g/mol. The molecule has 0 bridgehead atoms. The van der Waals surface area contributed by atoms with E-state index in [-0.39, 0.29) is 12.1 Å². The highest BCUT2D eigenvalue weighted by Gasteiger charge is 2.24. The van der Waals surface area contributed by atoms with E-state index >= 15 is 0 Å². The number of amides is 2. The van der Waals surface area contributed by atoms with Gasteiger partial charge in [0.1, 0.15) is 5.75 Å². The van der Waals surface area contributed by atoms with Gasteiger partial charge in [-0.05, 0) is 42.7 Å². The molecule has 0 saturated heterocycles. The molecule has 0 aliphatic carbocycles. The van der Waals surface area contributed by atoms with E-state index in [0.717, 1.165) is 16.9 Å². The number of rotatable bonds is 4. The van der Waals surface area contributed by atoms with Crippen LogP contribution in [-0.4, -0.2) is 33.9 Å². The molecular formula is C17H22N4O2. The number of aromatic nitrogens is 2. The maximum Gasteiger partial charge on any atom is 0.318 e. The molecule has 23 heavy (non-hydrogen) atoms. The van der Waals surface area contributed by atoms with E-state index in [1.807, 2.05) is 54.0 Å². The third-order valence-electron chi connectivity index (χ3n) is 4.02. The molecule has 1 atom stereocenters. The quantitative estimate of drug-likeness (QED) is 0.942. The minimum atomic E-state index is -0.0449. The molecule has 1 N–H and O–H groups in total. The Morgan fingerprint density at radius 1 is 1.39 bits per heavy atom. The molecule has 1 aliphatic heterocycles. The van der Waals surface area contributed by atoms with Crippen molar-refractivity contribution in [3.63, 3.8) is 0 Å². The van der Waals surface area contributed by atoms with Gasteiger partial charge in [0, 0.05) is 25.3 Å². The molecule has 2 amide bonds. The van der Waals surface area contributed by atoms with Gasteiger partial charge in [-0.3, -0.25) is 4.68 Å². The van der Waals surface area contributed by atoms with E-state index in [9.17, 15) is 4.79 Å². The van der Waals surface area contributed by atoms with Crippen molar-refractivity contribution in [2.75, 3.05) is 7.11 Å². The van der Waals surface area contributed by atoms with Gasteiger partial charge >= 0.3 is 6.03 Å². The molecule has 6 nitrogen and oxygen atoms in total. The summed E-state index contributed by atoms with van der Waals surface area (Å²) >= 11 is 0. The number of benzene rings is 1. The molecule has 2 heterocycles. The highest BCUT2D eigenvalue weighted by Crippen LogP contribution is 2.26. The van der Waals surface area contributed by atoms with Crippen molar-refractivity contribution in [3.8, 4) is 5.75 Å². The van der Waals surface area contributed by atoms with Gasteiger partial charge in [-0.1, -0.05) is 6.07 Å². The number of hydrogen-bond acceptors (Lipinski definition) is 3. The lowest BCUT2D eigenvalue weighted by Gasteiger charge is -2.20. The van der Waals surface area contributed by atoms with Gasteiger partial charge < -0.3 is 15.0 Å². The average Bonchev–Trinajstić information content (AvgIpc) is 3.12. The number of carbonyl (C=O) groups is 1. The van der Waals surface area contributed by atoms with Gasteiger partial charge in [0.05, 0.1) is 19.9 Å². The molecule has 3 rings (SSSR count). The molecule has 1 unspecified atom stereocenters. The summed E-state index contributed by atoms with van der Waals surface area (Å²) in [5.41, 5.74) is 3.44. The molecule has 0 radical (unpaired) electrons. The number of fused-ring (bicyclic) bond motifs is 1. The predicted molar refractivity (Wildman–Crippen MR) is 87.2 cm³/mol. The van der Waals surface area contributed by atoms with Crippen LogP contribution in [-0.2, 0) is 19.6 Å². The summed E-state index contributed by atoms with van der Waals surface area (Å²) in [5.74, 6) is 0.827. The second-order valence-electron chi connectivity index (χ2n) is 6.08. The fraction of sp³-hybridized carbons (Fsp3) is 0.412. The van der Waals surface area contributed by atoms with Crippen molar-refractivity contribution in [2.24, 2.45) is 0 Å². The Morgan fingerprint density at radius 3 is 2.87 bits per heavy atom. The van der Waals surface area contributed by atoms with Crippen molar-refractivity contribution < 1.29 is 9.53 Å². The molecule has 0 spiro atoms. The minimum absolute atomic E-state index is 0.0139. The molecule has 1 aliphatic rings. The third kappa shape index (κ3) is 3.47. The number of nitrogens with one attached hydrogen (secondary N) is 1. The van der Waals surface area contributed by atoms with E-state index < -0.39 is 0 Å². The van der Waals surface area contributed by atoms with Crippen LogP contribution in [0.15, 0.2) is 30.6 Å². The zero-order valence-electron chi connectivity index (χ0n) is 13.7. The Morgan fingerprint density at radius 2 is 2.17 bits per heavy atom. The summed E-state index contributed by atoms with van der Waals surface area (Å²) in [5, 5.41) is 7.29. The number of carbonyl (C=O) groups excluding carboxylic acids is 1. The molecule has 2 aromatic rings. The Balaban J connectivity index is 1.57. The van der Waals surface area contributed by atoms with Gasteiger partial charge in [-0.15, -0.1) is 0 Å². The monoisotopic (exact) mass is 314 g/mol. The van der Waals surface area contributed by atoms with Crippen LogP contribution in [0.5, 0.6) is 5.75 Å². The van der Waals surface area contributed by atoms with E-state index in [4.69, 9.17) is 4.74 Å². The van der Waals surface area contributed by atoms with Gasteiger partial charge in [0.2, 0.25) is 0 Å². The second-order valence-corrected chi connectivity index (χ2v) is 6.08. The molecule has 122 valence electrons. The van der Waals surface area contributed by atoms with Crippen molar-refractivity contribution in [2.45, 2.75) is 39.5 Å². The second kappa shape index (κ2) is 6.32. The first-order valence-corrected chi connectivity index (χ1v) is 7.75. The number of aryl methyl sites for hydroxylation is 1. The topological polar surface area (TPSA) is 59.4 Å². The molecule has 6 heteroatoms. The number of ether oxygens (including phenoxy) is 1. The van der Waals surface area contributed by atoms with Crippen LogP contribution in [0.2, 0.25) is 0 Å². The minimum Gasteiger partial charge on any atom is -0.497 e. The highest BCUT2D eigenvalue weighted by molar-refractivity contribution is 5.75. The summed E-state index contributed by atoms with van der Waals surface area (Å²) in [4.78, 5) is 14.2. The van der Waals surface area contributed by atoms with Crippen LogP contribution in [0.25, 0.3) is 0 Å². The average molecular weight is 314 g/mol. The van der Waals surface area contributed by atoms with Crippen LogP contribution >= 0.6 is 0 Å². The smallest absolute Gasteiger partial charge is 0.318 e. The maximum atomic E-state index is 12.4. The third-order valence-corrected chi connectivity index (χ3v) is 4.02. The number of methoxy groups -OCH3 is 1. The first-order valence-electron chi connectivity index (χ1n) is 7.75. The van der Waals surface area contributed by atoms with Crippen LogP contribution in [0, 0.1) is 6.92 Å². The predicted octanol–water partition coefficient (Wildman–Crippen LogP) is 2.31. The first kappa shape index (κ1) is 15.4. The van der Waals surface area contributed by atoms with Gasteiger partial charge in [-0.25, -0.2) is 4.79 Å². The van der Waals surface area contributed by atoms with E-state index in [2.05, 4.69) is 10.4 Å². The molecule has 1 aromatic carbocycles. The van der Waals surface area contributed by atoms with Crippen LogP contribution in [0.1, 0.15) is 23.6 Å². The van der Waals surface area contributed by atoms with Gasteiger partial charge in [0.25, 0.3) is 0 Å². The lowest BCUT2D eigenvalue weighted by Crippen LogP contribution is -2.43. The standard InChI is InChI=1S/C17H22N4O2/c1-12-7-18-21(8-12)9-13(2)19-17(22)20-10-14-4-5-16(23-3)6-15(14)11-20/h4-8,13H,9-11H2,1-3H3,(H,19,22). The van der Waals surface area contributed by atoms with Crippen LogP contribution < -0.4 is 10.1 Å². The SMILES string of the molecule is COc1ccc2c(c1)CN(C(=O)NC(C)Cn1cc(C)cn1)C2. The lowest BCUT2D eigenvalue weighted by molar-refractivity contribution is 0.193. The van der Waals surface area contributed by atoms with Crippen LogP contribution in [0.3, 0.4) is 0 Å². The zero-order valence-corrected chi connectivity index (χ0v) is 13.7. The Kier molecular flexibility index (Phi) is 4.23. The Bertz CT molecular complexity index is 710. The normalized spacial score (nSPS) is 14.5. The fourth-order valence-electron chi connectivity index (χ4n) is 2.84. The maximum absolute atomic E-state index is 12.4. The van der Waals surface area contributed by atoms with E-state index in [0.29, 0.717) is 19.6 Å². The van der Waals surface area contributed by atoms with Crippen molar-refractivity contribution in [3.05, 3.63) is 47.3 Å². The van der Waals surface area contributed by atoms with E-state index in [1.54, 1.807) is 7.11 Å². The van der Waals surface area contributed by atoms with Gasteiger partial charge in [0.15, 0.2) is 0 Å². The first-order chi connectivity index (χ1) is 11.0. The lowest BCUT2D eigenvalue weighted by atomic mass is 10.1. The fourth-order valence-corrected chi connectivity index (χ4v) is 2.84. The molecule has 0 saturated carbocycles. The zero-order chi connectivity index (χ0) is 16.4. The van der Waals surface area contributed by atoms with Gasteiger partial charge in [-0.2, -0.15) is 5.10 Å². The Hall–Kier alpha value is -2.50. The Labute approximate surface area is 136 Å². The molecule has 1 aromatic heterocycles.